The van der Waals surface area contributed by atoms with Gasteiger partial charge in [-0.2, -0.15) is 0 Å². The van der Waals surface area contributed by atoms with Crippen LogP contribution in [0.25, 0.3) is 0 Å². The number of aromatic hydroxyl groups is 1. The summed E-state index contributed by atoms with van der Waals surface area (Å²) in [6, 6.07) is 3.58. The minimum absolute atomic E-state index is 0.0943. The van der Waals surface area contributed by atoms with Crippen LogP contribution in [-0.2, 0) is 6.42 Å². The van der Waals surface area contributed by atoms with Gasteiger partial charge in [0.1, 0.15) is 17.1 Å². The van der Waals surface area contributed by atoms with Crippen LogP contribution in [0.3, 0.4) is 0 Å². The number of hydrogen-bond acceptors (Lipinski definition) is 2. The maximum atomic E-state index is 9.57. The van der Waals surface area contributed by atoms with Crippen molar-refractivity contribution in [2.24, 2.45) is 0 Å². The molecule has 0 bridgehead atoms. The summed E-state index contributed by atoms with van der Waals surface area (Å²) in [6.07, 6.45) is 5.88. The van der Waals surface area contributed by atoms with Crippen LogP contribution < -0.4 is 4.74 Å². The van der Waals surface area contributed by atoms with Crippen LogP contribution in [-0.4, -0.2) is 10.7 Å². The topological polar surface area (TPSA) is 29.5 Å². The molecule has 0 saturated heterocycles. The highest BCUT2D eigenvalue weighted by molar-refractivity contribution is 5.47. The van der Waals surface area contributed by atoms with Crippen molar-refractivity contribution in [1.82, 2.24) is 0 Å². The Morgan fingerprint density at radius 3 is 3.00 bits per heavy atom. The van der Waals surface area contributed by atoms with Gasteiger partial charge in [-0.1, -0.05) is 6.08 Å². The van der Waals surface area contributed by atoms with E-state index in [4.69, 9.17) is 4.74 Å². The lowest BCUT2D eigenvalue weighted by Crippen LogP contribution is -2.36. The third-order valence-corrected chi connectivity index (χ3v) is 3.49. The average Bonchev–Trinajstić information content (AvgIpc) is 2.28. The van der Waals surface area contributed by atoms with Crippen molar-refractivity contribution in [3.8, 4) is 11.5 Å². The Bertz CT molecular complexity index is 437. The Balaban J connectivity index is 2.26. The molecule has 2 heteroatoms. The summed E-state index contributed by atoms with van der Waals surface area (Å²) < 4.78 is 6.15. The molecule has 2 rings (SSSR count). The number of ether oxygens (including phenoxy) is 1. The maximum Gasteiger partial charge on any atom is 0.126 e. The molecule has 1 aromatic carbocycles. The summed E-state index contributed by atoms with van der Waals surface area (Å²) in [7, 11) is 0. The second-order valence-electron chi connectivity index (χ2n) is 5.13. The van der Waals surface area contributed by atoms with Crippen LogP contribution >= 0.6 is 0 Å². The predicted molar refractivity (Wildman–Crippen MR) is 69.6 cm³/mol. The summed E-state index contributed by atoms with van der Waals surface area (Å²) >= 11 is 0. The van der Waals surface area contributed by atoms with Gasteiger partial charge >= 0.3 is 0 Å². The quantitative estimate of drug-likeness (QED) is 0.804. The summed E-state index contributed by atoms with van der Waals surface area (Å²) in [5.41, 5.74) is 2.05. The van der Waals surface area contributed by atoms with E-state index in [1.165, 1.54) is 0 Å². The molecular weight excluding hydrogens is 212 g/mol. The van der Waals surface area contributed by atoms with E-state index in [-0.39, 0.29) is 5.60 Å². The molecule has 17 heavy (non-hydrogen) atoms. The number of phenolic OH excluding ortho intramolecular Hbond substituents is 1. The first kappa shape index (κ1) is 12.0. The fourth-order valence-corrected chi connectivity index (χ4v) is 2.44. The highest BCUT2D eigenvalue weighted by atomic mass is 16.5. The van der Waals surface area contributed by atoms with Crippen LogP contribution in [0, 0.1) is 6.92 Å². The Morgan fingerprint density at radius 1 is 1.53 bits per heavy atom. The fourth-order valence-electron chi connectivity index (χ4n) is 2.44. The molecule has 0 aromatic heterocycles. The first-order valence-corrected chi connectivity index (χ1v) is 6.16. The van der Waals surface area contributed by atoms with Gasteiger partial charge in [-0.3, -0.25) is 0 Å². The average molecular weight is 232 g/mol. The largest absolute Gasteiger partial charge is 0.508 e. The summed E-state index contributed by atoms with van der Waals surface area (Å²) in [5, 5.41) is 9.57. The van der Waals surface area contributed by atoms with Crippen molar-refractivity contribution in [3.05, 3.63) is 35.9 Å². The van der Waals surface area contributed by atoms with Gasteiger partial charge in [-0.25, -0.2) is 0 Å². The van der Waals surface area contributed by atoms with E-state index < -0.39 is 0 Å². The van der Waals surface area contributed by atoms with Gasteiger partial charge in [0.2, 0.25) is 0 Å². The Morgan fingerprint density at radius 2 is 2.29 bits per heavy atom. The number of phenols is 1. The third kappa shape index (κ3) is 2.46. The molecule has 1 unspecified atom stereocenters. The molecule has 0 aliphatic carbocycles. The van der Waals surface area contributed by atoms with E-state index in [1.807, 2.05) is 19.1 Å². The lowest BCUT2D eigenvalue weighted by Gasteiger charge is -2.36. The number of aryl methyl sites for hydroxylation is 2. The Hall–Kier alpha value is -1.44. The molecule has 0 spiro atoms. The number of fused-ring (bicyclic) bond motifs is 1. The van der Waals surface area contributed by atoms with Gasteiger partial charge in [0.25, 0.3) is 0 Å². The van der Waals surface area contributed by atoms with Gasteiger partial charge in [-0.15, -0.1) is 6.58 Å². The predicted octanol–water partition coefficient (Wildman–Crippen LogP) is 3.75. The van der Waals surface area contributed by atoms with E-state index in [0.717, 1.165) is 42.6 Å². The number of rotatable bonds is 3. The smallest absolute Gasteiger partial charge is 0.126 e. The molecule has 1 heterocycles. The molecule has 0 radical (unpaired) electrons. The molecule has 92 valence electrons. The van der Waals surface area contributed by atoms with E-state index in [0.29, 0.717) is 5.75 Å². The van der Waals surface area contributed by atoms with Crippen molar-refractivity contribution in [1.29, 1.82) is 0 Å². The van der Waals surface area contributed by atoms with Crippen LogP contribution in [0.15, 0.2) is 24.8 Å². The van der Waals surface area contributed by atoms with Crippen LogP contribution in [0.4, 0.5) is 0 Å². The number of benzene rings is 1. The minimum Gasteiger partial charge on any atom is -0.508 e. The zero-order valence-corrected chi connectivity index (χ0v) is 10.6. The fraction of sp³-hybridized carbons (Fsp3) is 0.467. The number of hydrogen-bond donors (Lipinski definition) is 1. The van der Waals surface area contributed by atoms with Gasteiger partial charge in [-0.05, 0) is 62.8 Å². The van der Waals surface area contributed by atoms with Crippen molar-refractivity contribution >= 4 is 0 Å². The van der Waals surface area contributed by atoms with E-state index >= 15 is 0 Å². The van der Waals surface area contributed by atoms with Gasteiger partial charge in [0, 0.05) is 0 Å². The molecule has 2 nitrogen and oxygen atoms in total. The monoisotopic (exact) mass is 232 g/mol. The van der Waals surface area contributed by atoms with Crippen LogP contribution in [0.1, 0.15) is 37.3 Å². The normalized spacial score (nSPS) is 22.7. The van der Waals surface area contributed by atoms with Crippen molar-refractivity contribution in [2.75, 3.05) is 0 Å². The molecule has 0 amide bonds. The van der Waals surface area contributed by atoms with E-state index in [2.05, 4.69) is 13.5 Å². The van der Waals surface area contributed by atoms with Crippen molar-refractivity contribution in [3.63, 3.8) is 0 Å². The molecule has 1 N–H and O–H groups in total. The zero-order valence-electron chi connectivity index (χ0n) is 10.6. The standard InChI is InChI=1S/C15H20O2/c1-4-5-7-15(3)8-6-12-10-13(16)9-11(2)14(12)17-15/h4,9-10,16H,1,5-8H2,2-3H3. The van der Waals surface area contributed by atoms with E-state index in [9.17, 15) is 5.11 Å². The summed E-state index contributed by atoms with van der Waals surface area (Å²) in [6.45, 7) is 7.90. The first-order valence-electron chi connectivity index (χ1n) is 6.16. The van der Waals surface area contributed by atoms with Crippen LogP contribution in [0.2, 0.25) is 0 Å². The number of allylic oxidation sites excluding steroid dienone is 1. The minimum atomic E-state index is -0.0943. The first-order chi connectivity index (χ1) is 8.04. The third-order valence-electron chi connectivity index (χ3n) is 3.49. The highest BCUT2D eigenvalue weighted by Gasteiger charge is 2.31. The SMILES string of the molecule is C=CCCC1(C)CCc2cc(O)cc(C)c2O1. The van der Waals surface area contributed by atoms with Gasteiger partial charge in [0.15, 0.2) is 0 Å². The van der Waals surface area contributed by atoms with Gasteiger partial charge in [0.05, 0.1) is 0 Å². The van der Waals surface area contributed by atoms with Crippen LogP contribution in [0.5, 0.6) is 11.5 Å². The van der Waals surface area contributed by atoms with Crippen molar-refractivity contribution in [2.45, 2.75) is 45.1 Å². The second-order valence-corrected chi connectivity index (χ2v) is 5.13. The van der Waals surface area contributed by atoms with Crippen molar-refractivity contribution < 1.29 is 9.84 Å². The summed E-state index contributed by atoms with van der Waals surface area (Å²) in [5.74, 6) is 1.29. The zero-order chi connectivity index (χ0) is 12.5. The highest BCUT2D eigenvalue weighted by Crippen LogP contribution is 2.39. The second kappa shape index (κ2) is 4.44. The molecule has 1 aliphatic heterocycles. The molecule has 0 fully saturated rings. The molecule has 1 aromatic rings. The molecule has 1 atom stereocenters. The Labute approximate surface area is 103 Å². The summed E-state index contributed by atoms with van der Waals surface area (Å²) in [4.78, 5) is 0. The van der Waals surface area contributed by atoms with Gasteiger partial charge < -0.3 is 9.84 Å². The molecule has 0 saturated carbocycles. The lowest BCUT2D eigenvalue weighted by molar-refractivity contribution is 0.0562. The Kier molecular flexibility index (Phi) is 3.14. The van der Waals surface area contributed by atoms with E-state index in [1.54, 1.807) is 6.07 Å². The maximum absolute atomic E-state index is 9.57. The lowest BCUT2D eigenvalue weighted by atomic mass is 9.88. The molecule has 1 aliphatic rings. The molecular formula is C15H20O2.